The molecule has 0 aliphatic rings. The Bertz CT molecular complexity index is 453. The zero-order chi connectivity index (χ0) is 10.7. The first-order valence-corrected chi connectivity index (χ1v) is 5.49. The van der Waals surface area contributed by atoms with Crippen molar-refractivity contribution in [1.29, 1.82) is 0 Å². The molecule has 0 radical (unpaired) electrons. The van der Waals surface area contributed by atoms with Crippen LogP contribution in [0.5, 0.6) is 0 Å². The van der Waals surface area contributed by atoms with Crippen molar-refractivity contribution in [2.45, 2.75) is 6.42 Å². The maximum Gasteiger partial charge on any atom is 0.0683 e. The molecule has 3 nitrogen and oxygen atoms in total. The van der Waals surface area contributed by atoms with Crippen LogP contribution in [0.1, 0.15) is 5.56 Å². The van der Waals surface area contributed by atoms with Crippen LogP contribution < -0.4 is 0 Å². The molecule has 0 bridgehead atoms. The first-order chi connectivity index (χ1) is 7.31. The number of benzene rings is 1. The number of hydrogen-bond acceptors (Lipinski definition) is 2. The van der Waals surface area contributed by atoms with Gasteiger partial charge in [-0.2, -0.15) is 5.10 Å². The number of aromatic nitrogens is 2. The fourth-order valence-corrected chi connectivity index (χ4v) is 1.91. The Morgan fingerprint density at radius 3 is 3.00 bits per heavy atom. The van der Waals surface area contributed by atoms with E-state index in [-0.39, 0.29) is 6.61 Å². The second-order valence-corrected chi connectivity index (χ2v) is 4.17. The van der Waals surface area contributed by atoms with Gasteiger partial charge >= 0.3 is 0 Å². The highest BCUT2D eigenvalue weighted by Gasteiger charge is 2.06. The van der Waals surface area contributed by atoms with E-state index < -0.39 is 0 Å². The predicted molar refractivity (Wildman–Crippen MR) is 62.5 cm³/mol. The number of H-pyrrole nitrogens is 1. The highest BCUT2D eigenvalue weighted by Crippen LogP contribution is 2.24. The van der Waals surface area contributed by atoms with Crippen LogP contribution in [0.15, 0.2) is 34.9 Å². The average molecular weight is 267 g/mol. The summed E-state index contributed by atoms with van der Waals surface area (Å²) in [5.41, 5.74) is 3.09. The minimum absolute atomic E-state index is 0.139. The first kappa shape index (κ1) is 10.4. The third-order valence-corrected chi connectivity index (χ3v) is 2.71. The van der Waals surface area contributed by atoms with Crippen molar-refractivity contribution in [3.05, 3.63) is 40.5 Å². The number of aliphatic hydroxyl groups is 1. The van der Waals surface area contributed by atoms with Crippen LogP contribution in [0, 0.1) is 0 Å². The highest BCUT2D eigenvalue weighted by molar-refractivity contribution is 9.10. The monoisotopic (exact) mass is 266 g/mol. The molecule has 2 N–H and O–H groups in total. The van der Waals surface area contributed by atoms with E-state index in [0.29, 0.717) is 6.42 Å². The molecular weight excluding hydrogens is 256 g/mol. The largest absolute Gasteiger partial charge is 0.396 e. The fraction of sp³-hybridized carbons (Fsp3) is 0.182. The molecule has 0 aliphatic carbocycles. The van der Waals surface area contributed by atoms with Gasteiger partial charge in [0, 0.05) is 22.2 Å². The van der Waals surface area contributed by atoms with Gasteiger partial charge in [0.25, 0.3) is 0 Å². The van der Waals surface area contributed by atoms with E-state index in [4.69, 9.17) is 5.11 Å². The van der Waals surface area contributed by atoms with Crippen LogP contribution in [0.25, 0.3) is 11.3 Å². The minimum Gasteiger partial charge on any atom is -0.396 e. The van der Waals surface area contributed by atoms with E-state index in [9.17, 15) is 0 Å². The molecule has 2 rings (SSSR count). The van der Waals surface area contributed by atoms with Crippen molar-refractivity contribution >= 4 is 15.9 Å². The minimum atomic E-state index is 0.139. The van der Waals surface area contributed by atoms with Gasteiger partial charge < -0.3 is 5.11 Å². The van der Waals surface area contributed by atoms with Crippen LogP contribution in [0.3, 0.4) is 0 Å². The molecule has 1 aromatic heterocycles. The molecule has 1 heterocycles. The second kappa shape index (κ2) is 4.59. The van der Waals surface area contributed by atoms with E-state index in [1.807, 2.05) is 24.3 Å². The number of halogens is 1. The number of nitrogens with one attached hydrogen (secondary N) is 1. The van der Waals surface area contributed by atoms with Crippen LogP contribution in [0.4, 0.5) is 0 Å². The molecule has 0 fully saturated rings. The third-order valence-electron chi connectivity index (χ3n) is 2.21. The second-order valence-electron chi connectivity index (χ2n) is 3.25. The predicted octanol–water partition coefficient (Wildman–Crippen LogP) is 2.37. The Labute approximate surface area is 96.3 Å². The van der Waals surface area contributed by atoms with Crippen LogP contribution in [-0.2, 0) is 6.42 Å². The van der Waals surface area contributed by atoms with E-state index >= 15 is 0 Å². The van der Waals surface area contributed by atoms with Crippen LogP contribution in [0.2, 0.25) is 0 Å². The molecule has 0 aliphatic heterocycles. The summed E-state index contributed by atoms with van der Waals surface area (Å²) >= 11 is 3.43. The topological polar surface area (TPSA) is 48.9 Å². The fourth-order valence-electron chi connectivity index (χ4n) is 1.52. The summed E-state index contributed by atoms with van der Waals surface area (Å²) in [5, 5.41) is 15.9. The normalized spacial score (nSPS) is 10.5. The molecular formula is C11H11BrN2O. The van der Waals surface area contributed by atoms with E-state index in [0.717, 1.165) is 21.3 Å². The number of aromatic amines is 1. The highest BCUT2D eigenvalue weighted by atomic mass is 79.9. The summed E-state index contributed by atoms with van der Waals surface area (Å²) in [6, 6.07) is 7.99. The van der Waals surface area contributed by atoms with Crippen molar-refractivity contribution < 1.29 is 5.11 Å². The quantitative estimate of drug-likeness (QED) is 0.896. The lowest BCUT2D eigenvalue weighted by Gasteiger charge is -2.02. The van der Waals surface area contributed by atoms with E-state index in [2.05, 4.69) is 26.1 Å². The summed E-state index contributed by atoms with van der Waals surface area (Å²) < 4.78 is 1.03. The molecule has 2 aromatic rings. The molecule has 4 heteroatoms. The summed E-state index contributed by atoms with van der Waals surface area (Å²) in [6.45, 7) is 0.139. The van der Waals surface area contributed by atoms with Crippen molar-refractivity contribution in [3.63, 3.8) is 0 Å². The van der Waals surface area contributed by atoms with Gasteiger partial charge in [-0.15, -0.1) is 0 Å². The molecule has 0 saturated heterocycles. The Morgan fingerprint density at radius 2 is 2.27 bits per heavy atom. The van der Waals surface area contributed by atoms with Gasteiger partial charge in [-0.3, -0.25) is 5.10 Å². The lowest BCUT2D eigenvalue weighted by atomic mass is 10.1. The van der Waals surface area contributed by atoms with Crippen molar-refractivity contribution in [2.75, 3.05) is 6.61 Å². The van der Waals surface area contributed by atoms with Gasteiger partial charge in [-0.05, 0) is 18.6 Å². The summed E-state index contributed by atoms with van der Waals surface area (Å²) in [4.78, 5) is 0. The summed E-state index contributed by atoms with van der Waals surface area (Å²) in [6.07, 6.45) is 2.38. The lowest BCUT2D eigenvalue weighted by molar-refractivity contribution is 0.300. The Balaban J connectivity index is 2.40. The van der Waals surface area contributed by atoms with Gasteiger partial charge in [-0.1, -0.05) is 28.1 Å². The summed E-state index contributed by atoms with van der Waals surface area (Å²) in [7, 11) is 0. The smallest absolute Gasteiger partial charge is 0.0683 e. The van der Waals surface area contributed by atoms with Crippen LogP contribution >= 0.6 is 15.9 Å². The zero-order valence-electron chi connectivity index (χ0n) is 8.07. The maximum absolute atomic E-state index is 8.91. The first-order valence-electron chi connectivity index (χ1n) is 4.70. The van der Waals surface area contributed by atoms with E-state index in [1.165, 1.54) is 0 Å². The van der Waals surface area contributed by atoms with Gasteiger partial charge in [0.1, 0.15) is 0 Å². The molecule has 0 spiro atoms. The number of aliphatic hydroxyl groups excluding tert-OH is 1. The molecule has 15 heavy (non-hydrogen) atoms. The molecule has 0 saturated carbocycles. The lowest BCUT2D eigenvalue weighted by Crippen LogP contribution is -1.91. The number of nitrogens with zero attached hydrogens (tertiary/aromatic N) is 1. The van der Waals surface area contributed by atoms with Gasteiger partial charge in [0.15, 0.2) is 0 Å². The van der Waals surface area contributed by atoms with Gasteiger partial charge in [0.05, 0.1) is 11.9 Å². The van der Waals surface area contributed by atoms with Crippen molar-refractivity contribution in [3.8, 4) is 11.3 Å². The Morgan fingerprint density at radius 1 is 1.40 bits per heavy atom. The molecule has 0 atom stereocenters. The maximum atomic E-state index is 8.91. The number of hydrogen-bond donors (Lipinski definition) is 2. The van der Waals surface area contributed by atoms with Crippen molar-refractivity contribution in [2.24, 2.45) is 0 Å². The standard InChI is InChI=1S/C11H11BrN2O/c12-10-3-1-2-8(6-10)11-9(4-5-15)7-13-14-11/h1-3,6-7,15H,4-5H2,(H,13,14). The molecule has 78 valence electrons. The zero-order valence-corrected chi connectivity index (χ0v) is 9.66. The van der Waals surface area contributed by atoms with Gasteiger partial charge in [-0.25, -0.2) is 0 Å². The average Bonchev–Trinajstić information content (AvgIpc) is 2.66. The molecule has 0 unspecified atom stereocenters. The molecule has 0 amide bonds. The van der Waals surface area contributed by atoms with Crippen molar-refractivity contribution in [1.82, 2.24) is 10.2 Å². The summed E-state index contributed by atoms with van der Waals surface area (Å²) in [5.74, 6) is 0. The van der Waals surface area contributed by atoms with E-state index in [1.54, 1.807) is 6.20 Å². The van der Waals surface area contributed by atoms with Crippen LogP contribution in [-0.4, -0.2) is 21.9 Å². The number of rotatable bonds is 3. The van der Waals surface area contributed by atoms with Gasteiger partial charge in [0.2, 0.25) is 0 Å². The Kier molecular flexibility index (Phi) is 3.18. The Hall–Kier alpha value is -1.13. The SMILES string of the molecule is OCCc1cn[nH]c1-c1cccc(Br)c1. The molecule has 1 aromatic carbocycles. The third kappa shape index (κ3) is 2.27.